The standard InChI is InChI=1S/C16H24N2O2S/c1-17-8-2-3-15(17)7-10-18-9-6-13-4-5-16(21(19)20)11-14(13)12-18/h4-5,11,15H,2-3,6-10,12H2,1H3,(H,19,20)/p-1/t15-/m0/s1. The molecular weight excluding hydrogens is 284 g/mol. The van der Waals surface area contributed by atoms with Crippen molar-refractivity contribution in [1.29, 1.82) is 0 Å². The maximum absolute atomic E-state index is 11.1. The Kier molecular flexibility index (Phi) is 4.74. The summed E-state index contributed by atoms with van der Waals surface area (Å²) in [4.78, 5) is 5.34. The number of nitrogens with zero attached hydrogens (tertiary/aromatic N) is 2. The first-order valence-corrected chi connectivity index (χ1v) is 8.84. The fourth-order valence-electron chi connectivity index (χ4n) is 3.56. The fraction of sp³-hybridized carbons (Fsp3) is 0.625. The maximum Gasteiger partial charge on any atom is 0.0252 e. The van der Waals surface area contributed by atoms with Gasteiger partial charge in [0.1, 0.15) is 0 Å². The lowest BCUT2D eigenvalue weighted by atomic mass is 9.99. The molecular formula is C16H23N2O2S-. The van der Waals surface area contributed by atoms with E-state index in [1.54, 1.807) is 6.07 Å². The fourth-order valence-corrected chi connectivity index (χ4v) is 3.98. The van der Waals surface area contributed by atoms with Gasteiger partial charge in [-0.3, -0.25) is 9.11 Å². The van der Waals surface area contributed by atoms with Crippen molar-refractivity contribution in [3.8, 4) is 0 Å². The molecule has 1 unspecified atom stereocenters. The van der Waals surface area contributed by atoms with E-state index in [4.69, 9.17) is 0 Å². The maximum atomic E-state index is 11.1. The van der Waals surface area contributed by atoms with Gasteiger partial charge in [0.2, 0.25) is 0 Å². The summed E-state index contributed by atoms with van der Waals surface area (Å²) >= 11 is -2.12. The average molecular weight is 307 g/mol. The highest BCUT2D eigenvalue weighted by Crippen LogP contribution is 2.23. The number of fused-ring (bicyclic) bond motifs is 1. The Bertz CT molecular complexity index is 535. The average Bonchev–Trinajstić information content (AvgIpc) is 2.89. The van der Waals surface area contributed by atoms with Gasteiger partial charge < -0.3 is 9.45 Å². The van der Waals surface area contributed by atoms with Crippen LogP contribution in [0.5, 0.6) is 0 Å². The van der Waals surface area contributed by atoms with Gasteiger partial charge in [-0.05, 0) is 80.2 Å². The molecule has 0 amide bonds. The van der Waals surface area contributed by atoms with Gasteiger partial charge in [0, 0.05) is 24.0 Å². The second-order valence-corrected chi connectivity index (χ2v) is 7.20. The molecule has 0 saturated carbocycles. The van der Waals surface area contributed by atoms with Crippen LogP contribution in [-0.2, 0) is 24.0 Å². The molecule has 4 nitrogen and oxygen atoms in total. The Morgan fingerprint density at radius 1 is 1.33 bits per heavy atom. The number of benzene rings is 1. The number of rotatable bonds is 4. The molecule has 0 spiro atoms. The molecule has 2 aliphatic rings. The molecule has 1 saturated heterocycles. The summed E-state index contributed by atoms with van der Waals surface area (Å²) in [7, 11) is 2.22. The molecule has 1 aromatic carbocycles. The second-order valence-electron chi connectivity index (χ2n) is 6.26. The van der Waals surface area contributed by atoms with Crippen LogP contribution in [0, 0.1) is 0 Å². The summed E-state index contributed by atoms with van der Waals surface area (Å²) in [5.41, 5.74) is 2.49. The van der Waals surface area contributed by atoms with E-state index in [0.29, 0.717) is 4.90 Å². The zero-order valence-corrected chi connectivity index (χ0v) is 13.4. The highest BCUT2D eigenvalue weighted by atomic mass is 32.2. The largest absolute Gasteiger partial charge is 0.768 e. The van der Waals surface area contributed by atoms with Crippen molar-refractivity contribution in [2.45, 2.75) is 43.2 Å². The van der Waals surface area contributed by atoms with Crippen molar-refractivity contribution in [2.75, 3.05) is 26.7 Å². The molecule has 0 radical (unpaired) electrons. The highest BCUT2D eigenvalue weighted by Gasteiger charge is 2.23. The van der Waals surface area contributed by atoms with Crippen LogP contribution in [0.3, 0.4) is 0 Å². The number of hydrogen-bond donors (Lipinski definition) is 0. The Labute approximate surface area is 129 Å². The smallest absolute Gasteiger partial charge is 0.0252 e. The molecule has 2 aliphatic heterocycles. The number of hydrogen-bond acceptors (Lipinski definition) is 4. The van der Waals surface area contributed by atoms with Crippen LogP contribution < -0.4 is 0 Å². The van der Waals surface area contributed by atoms with E-state index in [1.165, 1.54) is 36.9 Å². The van der Waals surface area contributed by atoms with Gasteiger partial charge in [-0.15, -0.1) is 0 Å². The first-order chi connectivity index (χ1) is 10.1. The highest BCUT2D eigenvalue weighted by molar-refractivity contribution is 7.79. The van der Waals surface area contributed by atoms with E-state index < -0.39 is 11.1 Å². The van der Waals surface area contributed by atoms with E-state index in [2.05, 4.69) is 16.8 Å². The third-order valence-electron chi connectivity index (χ3n) is 4.91. The lowest BCUT2D eigenvalue weighted by Gasteiger charge is -2.31. The van der Waals surface area contributed by atoms with Gasteiger partial charge in [0.25, 0.3) is 0 Å². The van der Waals surface area contributed by atoms with Crippen molar-refractivity contribution >= 4 is 11.1 Å². The molecule has 21 heavy (non-hydrogen) atoms. The summed E-state index contributed by atoms with van der Waals surface area (Å²) in [5, 5.41) is 0. The molecule has 0 bridgehead atoms. The lowest BCUT2D eigenvalue weighted by Crippen LogP contribution is -2.35. The Hall–Kier alpha value is -0.750. The Morgan fingerprint density at radius 3 is 2.90 bits per heavy atom. The van der Waals surface area contributed by atoms with Crippen molar-refractivity contribution in [2.24, 2.45) is 0 Å². The molecule has 116 valence electrons. The van der Waals surface area contributed by atoms with Crippen LogP contribution in [0.25, 0.3) is 0 Å². The monoisotopic (exact) mass is 307 g/mol. The van der Waals surface area contributed by atoms with Gasteiger partial charge in [0.05, 0.1) is 0 Å². The van der Waals surface area contributed by atoms with Crippen molar-refractivity contribution in [3.05, 3.63) is 29.3 Å². The van der Waals surface area contributed by atoms with Gasteiger partial charge in [0.15, 0.2) is 0 Å². The minimum Gasteiger partial charge on any atom is -0.768 e. The lowest BCUT2D eigenvalue weighted by molar-refractivity contribution is 0.211. The molecule has 1 fully saturated rings. The van der Waals surface area contributed by atoms with Crippen LogP contribution in [-0.4, -0.2) is 51.3 Å². The SMILES string of the molecule is CN1CCC[C@H]1CCN1CCc2ccc(S(=O)[O-])cc2C1. The van der Waals surface area contributed by atoms with E-state index in [0.717, 1.165) is 32.1 Å². The normalized spacial score (nSPS) is 25.0. The van der Waals surface area contributed by atoms with Crippen LogP contribution >= 0.6 is 0 Å². The summed E-state index contributed by atoms with van der Waals surface area (Å²) in [5.74, 6) is 0. The summed E-state index contributed by atoms with van der Waals surface area (Å²) in [6.07, 6.45) is 4.89. The predicted molar refractivity (Wildman–Crippen MR) is 82.9 cm³/mol. The molecule has 0 N–H and O–H groups in total. The second kappa shape index (κ2) is 6.57. The summed E-state index contributed by atoms with van der Waals surface area (Å²) < 4.78 is 22.2. The van der Waals surface area contributed by atoms with Gasteiger partial charge in [-0.2, -0.15) is 0 Å². The predicted octanol–water partition coefficient (Wildman–Crippen LogP) is 1.77. The molecule has 0 aliphatic carbocycles. The van der Waals surface area contributed by atoms with E-state index in [9.17, 15) is 8.76 Å². The minimum absolute atomic E-state index is 0.408. The van der Waals surface area contributed by atoms with E-state index in [1.807, 2.05) is 12.1 Å². The van der Waals surface area contributed by atoms with Crippen LogP contribution in [0.15, 0.2) is 23.1 Å². The third kappa shape index (κ3) is 3.54. The van der Waals surface area contributed by atoms with E-state index in [-0.39, 0.29) is 0 Å². The van der Waals surface area contributed by atoms with Crippen molar-refractivity contribution < 1.29 is 8.76 Å². The molecule has 3 rings (SSSR count). The zero-order chi connectivity index (χ0) is 14.8. The van der Waals surface area contributed by atoms with Gasteiger partial charge >= 0.3 is 0 Å². The topological polar surface area (TPSA) is 46.6 Å². The molecule has 1 aromatic rings. The molecule has 0 aromatic heterocycles. The Morgan fingerprint density at radius 2 is 2.19 bits per heavy atom. The van der Waals surface area contributed by atoms with Gasteiger partial charge in [-0.1, -0.05) is 6.07 Å². The third-order valence-corrected chi connectivity index (χ3v) is 5.55. The van der Waals surface area contributed by atoms with Crippen LogP contribution in [0.1, 0.15) is 30.4 Å². The number of likely N-dealkylation sites (tertiary alicyclic amines) is 1. The molecule has 5 heteroatoms. The Balaban J connectivity index is 1.61. The molecule has 2 heterocycles. The quantitative estimate of drug-likeness (QED) is 0.795. The van der Waals surface area contributed by atoms with Crippen molar-refractivity contribution in [3.63, 3.8) is 0 Å². The van der Waals surface area contributed by atoms with Gasteiger partial charge in [-0.25, -0.2) is 0 Å². The summed E-state index contributed by atoms with van der Waals surface area (Å²) in [6.45, 7) is 4.31. The zero-order valence-electron chi connectivity index (χ0n) is 12.6. The first-order valence-electron chi connectivity index (χ1n) is 7.77. The van der Waals surface area contributed by atoms with Crippen molar-refractivity contribution in [1.82, 2.24) is 9.80 Å². The first kappa shape index (κ1) is 15.2. The van der Waals surface area contributed by atoms with Crippen LogP contribution in [0.4, 0.5) is 0 Å². The molecule has 2 atom stereocenters. The summed E-state index contributed by atoms with van der Waals surface area (Å²) in [6, 6.07) is 6.26. The minimum atomic E-state index is -2.12. The van der Waals surface area contributed by atoms with E-state index >= 15 is 0 Å². The van der Waals surface area contributed by atoms with Crippen LogP contribution in [0.2, 0.25) is 0 Å².